The second kappa shape index (κ2) is 6.59. The first-order valence-corrected chi connectivity index (χ1v) is 8.83. The molecule has 0 fully saturated rings. The van der Waals surface area contributed by atoms with Crippen molar-refractivity contribution < 1.29 is 8.78 Å². The van der Waals surface area contributed by atoms with Gasteiger partial charge < -0.3 is 5.73 Å². The first-order chi connectivity index (χ1) is 13.0. The molecule has 134 valence electrons. The summed E-state index contributed by atoms with van der Waals surface area (Å²) in [7, 11) is 0. The Morgan fingerprint density at radius 2 is 1.63 bits per heavy atom. The highest BCUT2D eigenvalue weighted by Crippen LogP contribution is 2.31. The SMILES string of the molecule is N=c1c2c(F)cccc2nc(-c2c(N)cccc2F)n1-c1ccccc1Br. The lowest BCUT2D eigenvalue weighted by Gasteiger charge is -2.18. The van der Waals surface area contributed by atoms with Crippen LogP contribution in [0.4, 0.5) is 14.5 Å². The van der Waals surface area contributed by atoms with Gasteiger partial charge in [-0.15, -0.1) is 0 Å². The summed E-state index contributed by atoms with van der Waals surface area (Å²) in [5.41, 5.74) is 6.89. The molecule has 0 aliphatic heterocycles. The molecule has 0 aliphatic carbocycles. The van der Waals surface area contributed by atoms with Gasteiger partial charge in [-0.2, -0.15) is 0 Å². The molecule has 0 unspecified atom stereocenters. The number of anilines is 1. The van der Waals surface area contributed by atoms with E-state index in [1.165, 1.54) is 28.8 Å². The van der Waals surface area contributed by atoms with E-state index in [-0.39, 0.29) is 33.5 Å². The number of nitrogens with zero attached hydrogens (tertiary/aromatic N) is 2. The maximum Gasteiger partial charge on any atom is 0.151 e. The standard InChI is InChI=1S/C20H13BrF2N4/c21-11-5-1-2-10-16(11)27-19(25)18-13(23)7-4-9-15(18)26-20(27)17-12(22)6-3-8-14(17)24/h1-10,25H,24H2. The molecule has 0 saturated heterocycles. The maximum atomic E-state index is 14.7. The molecular formula is C20H13BrF2N4. The number of nitrogen functional groups attached to an aromatic ring is 1. The summed E-state index contributed by atoms with van der Waals surface area (Å²) in [6.45, 7) is 0. The van der Waals surface area contributed by atoms with Crippen molar-refractivity contribution in [2.45, 2.75) is 0 Å². The monoisotopic (exact) mass is 426 g/mol. The van der Waals surface area contributed by atoms with Gasteiger partial charge in [0.1, 0.15) is 17.1 Å². The number of halogens is 3. The molecule has 7 heteroatoms. The summed E-state index contributed by atoms with van der Waals surface area (Å²) >= 11 is 3.44. The van der Waals surface area contributed by atoms with Crippen molar-refractivity contribution in [3.05, 3.63) is 82.3 Å². The van der Waals surface area contributed by atoms with E-state index in [4.69, 9.17) is 11.1 Å². The van der Waals surface area contributed by atoms with Crippen LogP contribution in [0.1, 0.15) is 0 Å². The fourth-order valence-electron chi connectivity index (χ4n) is 3.03. The molecule has 4 nitrogen and oxygen atoms in total. The Hall–Kier alpha value is -3.06. The molecule has 1 aromatic heterocycles. The number of fused-ring (bicyclic) bond motifs is 1. The molecule has 0 aliphatic rings. The van der Waals surface area contributed by atoms with Gasteiger partial charge in [0, 0.05) is 10.2 Å². The fraction of sp³-hybridized carbons (Fsp3) is 0. The van der Waals surface area contributed by atoms with E-state index in [1.54, 1.807) is 30.3 Å². The van der Waals surface area contributed by atoms with E-state index < -0.39 is 11.6 Å². The Labute approximate surface area is 161 Å². The van der Waals surface area contributed by atoms with Crippen molar-refractivity contribution in [2.75, 3.05) is 5.73 Å². The number of rotatable bonds is 2. The lowest BCUT2D eigenvalue weighted by molar-refractivity contribution is 0.628. The molecule has 0 radical (unpaired) electrons. The summed E-state index contributed by atoms with van der Waals surface area (Å²) in [6, 6.07) is 15.8. The molecule has 3 N–H and O–H groups in total. The van der Waals surface area contributed by atoms with Crippen LogP contribution < -0.4 is 11.2 Å². The van der Waals surface area contributed by atoms with Crippen LogP contribution in [0, 0.1) is 17.0 Å². The zero-order valence-electron chi connectivity index (χ0n) is 13.9. The average molecular weight is 427 g/mol. The highest BCUT2D eigenvalue weighted by atomic mass is 79.9. The van der Waals surface area contributed by atoms with Gasteiger partial charge in [0.15, 0.2) is 5.82 Å². The van der Waals surface area contributed by atoms with Crippen molar-refractivity contribution in [3.8, 4) is 17.1 Å². The van der Waals surface area contributed by atoms with Gasteiger partial charge in [-0.05, 0) is 52.3 Å². The average Bonchev–Trinajstić information content (AvgIpc) is 2.63. The van der Waals surface area contributed by atoms with Crippen LogP contribution in [0.15, 0.2) is 65.1 Å². The van der Waals surface area contributed by atoms with E-state index in [2.05, 4.69) is 20.9 Å². The number of hydrogen-bond acceptors (Lipinski definition) is 3. The molecule has 0 amide bonds. The summed E-state index contributed by atoms with van der Waals surface area (Å²) in [5, 5.41) is 8.69. The van der Waals surface area contributed by atoms with Gasteiger partial charge in [0.2, 0.25) is 0 Å². The topological polar surface area (TPSA) is 67.7 Å². The normalized spacial score (nSPS) is 11.1. The van der Waals surface area contributed by atoms with Crippen LogP contribution in [-0.4, -0.2) is 9.55 Å². The highest BCUT2D eigenvalue weighted by molar-refractivity contribution is 9.10. The second-order valence-electron chi connectivity index (χ2n) is 5.91. The van der Waals surface area contributed by atoms with Crippen molar-refractivity contribution >= 4 is 32.5 Å². The highest BCUT2D eigenvalue weighted by Gasteiger charge is 2.20. The maximum absolute atomic E-state index is 14.7. The molecule has 3 aromatic carbocycles. The third-order valence-electron chi connectivity index (χ3n) is 4.25. The smallest absolute Gasteiger partial charge is 0.151 e. The van der Waals surface area contributed by atoms with Gasteiger partial charge in [-0.3, -0.25) is 9.98 Å². The largest absolute Gasteiger partial charge is 0.398 e. The first-order valence-electron chi connectivity index (χ1n) is 8.04. The minimum Gasteiger partial charge on any atom is -0.398 e. The predicted molar refractivity (Wildman–Crippen MR) is 104 cm³/mol. The Morgan fingerprint density at radius 3 is 2.37 bits per heavy atom. The zero-order valence-corrected chi connectivity index (χ0v) is 15.5. The summed E-state index contributed by atoms with van der Waals surface area (Å²) in [5.74, 6) is -1.02. The lowest BCUT2D eigenvalue weighted by Crippen LogP contribution is -2.24. The predicted octanol–water partition coefficient (Wildman–Crippen LogP) is 4.79. The van der Waals surface area contributed by atoms with Crippen molar-refractivity contribution in [1.29, 1.82) is 5.41 Å². The Balaban J connectivity index is 2.24. The Kier molecular flexibility index (Phi) is 4.24. The van der Waals surface area contributed by atoms with E-state index in [9.17, 15) is 8.78 Å². The zero-order chi connectivity index (χ0) is 19.1. The number of nitrogens with one attached hydrogen (secondary N) is 1. The molecule has 27 heavy (non-hydrogen) atoms. The number of benzene rings is 3. The third-order valence-corrected chi connectivity index (χ3v) is 4.92. The number of nitrogens with two attached hydrogens (primary N) is 1. The van der Waals surface area contributed by atoms with Crippen molar-refractivity contribution in [2.24, 2.45) is 0 Å². The molecule has 0 spiro atoms. The first kappa shape index (κ1) is 17.4. The van der Waals surface area contributed by atoms with Crippen LogP contribution in [0.25, 0.3) is 28.0 Å². The molecule has 4 aromatic rings. The van der Waals surface area contributed by atoms with Crippen LogP contribution in [0.3, 0.4) is 0 Å². The van der Waals surface area contributed by atoms with E-state index in [0.717, 1.165) is 0 Å². The van der Waals surface area contributed by atoms with Crippen LogP contribution in [0.5, 0.6) is 0 Å². The van der Waals surface area contributed by atoms with Gasteiger partial charge >= 0.3 is 0 Å². The van der Waals surface area contributed by atoms with Gasteiger partial charge in [0.05, 0.1) is 22.2 Å². The van der Waals surface area contributed by atoms with Gasteiger partial charge in [-0.1, -0.05) is 24.3 Å². The van der Waals surface area contributed by atoms with Crippen molar-refractivity contribution in [1.82, 2.24) is 9.55 Å². The number of aromatic nitrogens is 2. The minimum absolute atomic E-state index is 0.0481. The lowest BCUT2D eigenvalue weighted by atomic mass is 10.1. The van der Waals surface area contributed by atoms with Crippen LogP contribution in [-0.2, 0) is 0 Å². The molecular weight excluding hydrogens is 414 g/mol. The third kappa shape index (κ3) is 2.80. The quantitative estimate of drug-likeness (QED) is 0.452. The summed E-state index contributed by atoms with van der Waals surface area (Å²) in [4.78, 5) is 4.47. The second-order valence-corrected chi connectivity index (χ2v) is 6.76. The summed E-state index contributed by atoms with van der Waals surface area (Å²) < 4.78 is 31.2. The van der Waals surface area contributed by atoms with Gasteiger partial charge in [-0.25, -0.2) is 13.8 Å². The van der Waals surface area contributed by atoms with Gasteiger partial charge in [0.25, 0.3) is 0 Å². The Bertz CT molecular complexity index is 1230. The molecule has 0 saturated carbocycles. The molecule has 4 rings (SSSR count). The van der Waals surface area contributed by atoms with E-state index in [0.29, 0.717) is 10.2 Å². The van der Waals surface area contributed by atoms with Crippen molar-refractivity contribution in [3.63, 3.8) is 0 Å². The fourth-order valence-corrected chi connectivity index (χ4v) is 3.50. The van der Waals surface area contributed by atoms with Crippen LogP contribution >= 0.6 is 15.9 Å². The Morgan fingerprint density at radius 1 is 0.926 bits per heavy atom. The number of hydrogen-bond donors (Lipinski definition) is 2. The van der Waals surface area contributed by atoms with E-state index >= 15 is 0 Å². The van der Waals surface area contributed by atoms with Crippen LogP contribution in [0.2, 0.25) is 0 Å². The minimum atomic E-state index is -0.571. The molecule has 1 heterocycles. The molecule has 0 atom stereocenters. The van der Waals surface area contributed by atoms with E-state index in [1.807, 2.05) is 6.07 Å². The summed E-state index contributed by atoms with van der Waals surface area (Å²) in [6.07, 6.45) is 0. The molecule has 0 bridgehead atoms. The number of para-hydroxylation sites is 1.